The molecule has 0 heterocycles. The van der Waals surface area contributed by atoms with Gasteiger partial charge in [-0.25, -0.2) is 27.6 Å². The van der Waals surface area contributed by atoms with Gasteiger partial charge in [-0.1, -0.05) is 0 Å². The van der Waals surface area contributed by atoms with Crippen LogP contribution in [-0.4, -0.2) is 86.2 Å². The summed E-state index contributed by atoms with van der Waals surface area (Å²) >= 11 is 0. The monoisotopic (exact) mass is 566 g/mol. The zero-order valence-corrected chi connectivity index (χ0v) is 23.2. The van der Waals surface area contributed by atoms with E-state index in [-0.39, 0.29) is 45.3 Å². The minimum Gasteiger partial charge on any atom is -0.465 e. The summed E-state index contributed by atoms with van der Waals surface area (Å²) in [6.45, 7) is 3.36. The molecule has 0 aliphatic heterocycles. The van der Waals surface area contributed by atoms with Crippen LogP contribution in [0, 0.1) is 0 Å². The smallest absolute Gasteiger partial charge is 0.339 e. The average molecular weight is 567 g/mol. The molecule has 2 aromatic rings. The minimum atomic E-state index is -4.38. The lowest BCUT2D eigenvalue weighted by molar-refractivity contribution is 0.0110. The maximum absolute atomic E-state index is 13.5. The number of methoxy groups -OCH3 is 4. The van der Waals surface area contributed by atoms with Crippen LogP contribution in [0.2, 0.25) is 0 Å². The maximum atomic E-state index is 13.5. The predicted octanol–water partition coefficient (Wildman–Crippen LogP) is 2.48. The summed E-state index contributed by atoms with van der Waals surface area (Å²) in [5.74, 6) is -3.72. The van der Waals surface area contributed by atoms with Crippen LogP contribution in [0.1, 0.15) is 55.3 Å². The molecule has 2 rings (SSSR count). The van der Waals surface area contributed by atoms with Crippen molar-refractivity contribution >= 4 is 33.7 Å². The summed E-state index contributed by atoms with van der Waals surface area (Å²) < 4.78 is 56.7. The summed E-state index contributed by atoms with van der Waals surface area (Å²) in [7, 11) is 0.611. The fraction of sp³-hybridized carbons (Fsp3) is 0.385. The molecule has 0 amide bonds. The van der Waals surface area contributed by atoms with Gasteiger partial charge in [-0.05, 0) is 50.2 Å². The summed E-state index contributed by atoms with van der Waals surface area (Å²) in [6, 6.07) is 6.37. The molecule has 0 aliphatic rings. The molecule has 0 saturated carbocycles. The van der Waals surface area contributed by atoms with Crippen LogP contribution < -0.4 is 0 Å². The Balaban J connectivity index is 2.56. The van der Waals surface area contributed by atoms with E-state index in [2.05, 4.69) is 0 Å². The van der Waals surface area contributed by atoms with Gasteiger partial charge in [0.1, 0.15) is 12.2 Å². The number of hydrogen-bond acceptors (Lipinski definition) is 12. The molecule has 2 unspecified atom stereocenters. The van der Waals surface area contributed by atoms with Crippen LogP contribution in [0.4, 0.5) is 0 Å². The van der Waals surface area contributed by atoms with Crippen molar-refractivity contribution in [1.29, 1.82) is 0 Å². The molecule has 212 valence electrons. The van der Waals surface area contributed by atoms with Gasteiger partial charge in [0.05, 0.1) is 59.5 Å². The molecule has 0 radical (unpaired) electrons. The van der Waals surface area contributed by atoms with Gasteiger partial charge < -0.3 is 28.4 Å². The first-order valence-corrected chi connectivity index (χ1v) is 13.0. The Labute approximate surface area is 226 Å². The Bertz CT molecular complexity index is 1240. The Morgan fingerprint density at radius 3 is 1.28 bits per heavy atom. The number of sulfone groups is 1. The second-order valence-electron chi connectivity index (χ2n) is 8.24. The van der Waals surface area contributed by atoms with E-state index in [1.165, 1.54) is 14.2 Å². The highest BCUT2D eigenvalue weighted by Crippen LogP contribution is 2.27. The third kappa shape index (κ3) is 7.62. The van der Waals surface area contributed by atoms with Crippen molar-refractivity contribution in [3.63, 3.8) is 0 Å². The standard InChI is InChI=1S/C26H30O12S/c1-15(13-33-3)37-25(29)19-9-7-17(11-21(19)23(27)35-5)39(31,32)18-8-10-20(22(12-18)24(28)36-6)26(30)38-16(2)14-34-4/h7-12,15-16H,13-14H2,1-6H3. The topological polar surface area (TPSA) is 158 Å². The Morgan fingerprint density at radius 1 is 0.615 bits per heavy atom. The number of rotatable bonds is 12. The van der Waals surface area contributed by atoms with Crippen molar-refractivity contribution in [3.05, 3.63) is 58.7 Å². The molecule has 0 aliphatic carbocycles. The molecular weight excluding hydrogens is 536 g/mol. The summed E-state index contributed by atoms with van der Waals surface area (Å²) in [4.78, 5) is 49.4. The van der Waals surface area contributed by atoms with Crippen molar-refractivity contribution in [2.75, 3.05) is 41.7 Å². The highest BCUT2D eigenvalue weighted by atomic mass is 32.2. The summed E-state index contributed by atoms with van der Waals surface area (Å²) in [5.41, 5.74) is -1.15. The Morgan fingerprint density at radius 2 is 0.974 bits per heavy atom. The number of hydrogen-bond donors (Lipinski definition) is 0. The molecule has 0 aromatic heterocycles. The second-order valence-corrected chi connectivity index (χ2v) is 10.2. The second kappa shape index (κ2) is 13.8. The summed E-state index contributed by atoms with van der Waals surface area (Å²) in [5, 5.41) is 0. The van der Waals surface area contributed by atoms with Crippen LogP contribution in [-0.2, 0) is 38.3 Å². The van der Waals surface area contributed by atoms with E-state index in [0.717, 1.165) is 50.6 Å². The highest BCUT2D eigenvalue weighted by Gasteiger charge is 2.28. The van der Waals surface area contributed by atoms with Crippen LogP contribution in [0.15, 0.2) is 46.2 Å². The molecule has 0 spiro atoms. The molecule has 13 heteroatoms. The van der Waals surface area contributed by atoms with Crippen LogP contribution >= 0.6 is 0 Å². The molecular formula is C26H30O12S. The lowest BCUT2D eigenvalue weighted by Gasteiger charge is -2.16. The molecule has 2 aromatic carbocycles. The third-order valence-corrected chi connectivity index (χ3v) is 7.02. The molecule has 0 N–H and O–H groups in total. The highest BCUT2D eigenvalue weighted by molar-refractivity contribution is 7.91. The van der Waals surface area contributed by atoms with E-state index < -0.39 is 45.9 Å². The van der Waals surface area contributed by atoms with Gasteiger partial charge in [0, 0.05) is 14.2 Å². The number of carbonyl (C=O) groups is 4. The first-order valence-electron chi connectivity index (χ1n) is 11.5. The Hall–Kier alpha value is -3.81. The van der Waals surface area contributed by atoms with E-state index in [4.69, 9.17) is 28.4 Å². The van der Waals surface area contributed by atoms with E-state index in [0.29, 0.717) is 0 Å². The van der Waals surface area contributed by atoms with Gasteiger partial charge in [-0.2, -0.15) is 0 Å². The Kier molecular flexibility index (Phi) is 11.1. The third-order valence-electron chi connectivity index (χ3n) is 5.27. The first-order chi connectivity index (χ1) is 18.4. The van der Waals surface area contributed by atoms with E-state index in [1.807, 2.05) is 0 Å². The normalized spacial score (nSPS) is 12.7. The quantitative estimate of drug-likeness (QED) is 0.273. The van der Waals surface area contributed by atoms with Crippen LogP contribution in [0.25, 0.3) is 0 Å². The SMILES string of the molecule is COCC(C)OC(=O)c1ccc(S(=O)(=O)c2ccc(C(=O)OC(C)COC)c(C(=O)OC)c2)cc1C(=O)OC. The zero-order valence-electron chi connectivity index (χ0n) is 22.3. The van der Waals surface area contributed by atoms with Crippen molar-refractivity contribution < 1.29 is 56.0 Å². The lowest BCUT2D eigenvalue weighted by Crippen LogP contribution is -2.22. The molecule has 0 saturated heterocycles. The largest absolute Gasteiger partial charge is 0.465 e. The van der Waals surface area contributed by atoms with Crippen molar-refractivity contribution in [2.45, 2.75) is 35.8 Å². The fourth-order valence-corrected chi connectivity index (χ4v) is 4.77. The van der Waals surface area contributed by atoms with Gasteiger partial charge in [-0.15, -0.1) is 0 Å². The van der Waals surface area contributed by atoms with E-state index in [1.54, 1.807) is 13.8 Å². The fourth-order valence-electron chi connectivity index (χ4n) is 3.46. The average Bonchev–Trinajstić information content (AvgIpc) is 2.91. The van der Waals surface area contributed by atoms with Gasteiger partial charge >= 0.3 is 23.9 Å². The maximum Gasteiger partial charge on any atom is 0.339 e. The van der Waals surface area contributed by atoms with Crippen LogP contribution in [0.5, 0.6) is 0 Å². The number of esters is 4. The van der Waals surface area contributed by atoms with Crippen molar-refractivity contribution in [3.8, 4) is 0 Å². The molecule has 0 bridgehead atoms. The lowest BCUT2D eigenvalue weighted by atomic mass is 10.1. The van der Waals surface area contributed by atoms with Crippen molar-refractivity contribution in [1.82, 2.24) is 0 Å². The molecule has 0 fully saturated rings. The van der Waals surface area contributed by atoms with Crippen LogP contribution in [0.3, 0.4) is 0 Å². The van der Waals surface area contributed by atoms with Crippen molar-refractivity contribution in [2.24, 2.45) is 0 Å². The van der Waals surface area contributed by atoms with E-state index >= 15 is 0 Å². The van der Waals surface area contributed by atoms with Gasteiger partial charge in [0.25, 0.3) is 0 Å². The number of benzene rings is 2. The zero-order chi connectivity index (χ0) is 29.3. The number of ether oxygens (including phenoxy) is 6. The van der Waals surface area contributed by atoms with Gasteiger partial charge in [-0.3, -0.25) is 0 Å². The predicted molar refractivity (Wildman–Crippen MR) is 135 cm³/mol. The molecule has 39 heavy (non-hydrogen) atoms. The first kappa shape index (κ1) is 31.4. The van der Waals surface area contributed by atoms with Gasteiger partial charge in [0.15, 0.2) is 0 Å². The summed E-state index contributed by atoms with van der Waals surface area (Å²) in [6.07, 6.45) is -1.29. The van der Waals surface area contributed by atoms with Gasteiger partial charge in [0.2, 0.25) is 9.84 Å². The minimum absolute atomic E-state index is 0.100. The number of carbonyl (C=O) groups excluding carboxylic acids is 4. The molecule has 12 nitrogen and oxygen atoms in total. The molecule has 2 atom stereocenters. The van der Waals surface area contributed by atoms with E-state index in [9.17, 15) is 27.6 Å².